The zero-order valence-corrected chi connectivity index (χ0v) is 7.58. The van der Waals surface area contributed by atoms with Crippen molar-refractivity contribution in [2.45, 2.75) is 0 Å². The van der Waals surface area contributed by atoms with Gasteiger partial charge in [-0.3, -0.25) is 0 Å². The topological polar surface area (TPSA) is 94.7 Å². The Balaban J connectivity index is -0.0000000150. The SMILES string of the molecule is O=[N+]([O-])[O-].[Co+2].[K+].[O-2]. The second kappa shape index (κ2) is 15.7. The third kappa shape index (κ3) is 121. The molecule has 0 heterocycles. The van der Waals surface area contributed by atoms with E-state index in [2.05, 4.69) is 0 Å². The third-order valence-electron chi connectivity index (χ3n) is 0. The fourth-order valence-electron chi connectivity index (χ4n) is 0. The molecule has 39 valence electrons. The molecule has 0 N–H and O–H groups in total. The predicted octanol–water partition coefficient (Wildman–Crippen LogP) is -3.36. The Kier molecular flexibility index (Phi) is 53.5. The summed E-state index contributed by atoms with van der Waals surface area (Å²) in [7, 11) is 0. The first-order valence-corrected chi connectivity index (χ1v) is 0.548. The van der Waals surface area contributed by atoms with E-state index in [0.717, 1.165) is 0 Å². The number of nitrogens with zero attached hydrogens (tertiary/aromatic N) is 1. The normalized spacial score (nSPS) is 3.43. The van der Waals surface area contributed by atoms with E-state index in [1.54, 1.807) is 0 Å². The Labute approximate surface area is 92.5 Å². The number of hydrogen-bond acceptors (Lipinski definition) is 3. The summed E-state index contributed by atoms with van der Waals surface area (Å²) in [4.78, 5) is 8.25. The van der Waals surface area contributed by atoms with E-state index in [1.165, 1.54) is 0 Å². The van der Waals surface area contributed by atoms with Crippen LogP contribution in [0.4, 0.5) is 0 Å². The van der Waals surface area contributed by atoms with Crippen molar-refractivity contribution in [1.29, 1.82) is 0 Å². The van der Waals surface area contributed by atoms with Crippen LogP contribution in [0.1, 0.15) is 0 Å². The van der Waals surface area contributed by atoms with Gasteiger partial charge in [-0.15, -0.1) is 0 Å². The molecule has 0 aromatic carbocycles. The van der Waals surface area contributed by atoms with Gasteiger partial charge in [0.1, 0.15) is 0 Å². The van der Waals surface area contributed by atoms with Crippen molar-refractivity contribution in [2.75, 3.05) is 0 Å². The minimum absolute atomic E-state index is 0. The van der Waals surface area contributed by atoms with Crippen LogP contribution in [0.3, 0.4) is 0 Å². The van der Waals surface area contributed by atoms with Crippen LogP contribution in [0.25, 0.3) is 0 Å². The molecule has 0 amide bonds. The van der Waals surface area contributed by atoms with Crippen LogP contribution < -0.4 is 51.4 Å². The Bertz CT molecular complexity index is 34.7. The van der Waals surface area contributed by atoms with Crippen LogP contribution in [0.15, 0.2) is 0 Å². The van der Waals surface area contributed by atoms with E-state index in [9.17, 15) is 0 Å². The van der Waals surface area contributed by atoms with Crippen LogP contribution in [0.5, 0.6) is 0 Å². The summed E-state index contributed by atoms with van der Waals surface area (Å²) in [6, 6.07) is 0. The summed E-state index contributed by atoms with van der Waals surface area (Å²) < 4.78 is 0. The second-order valence-corrected chi connectivity index (χ2v) is 0.224. The van der Waals surface area contributed by atoms with E-state index in [0.29, 0.717) is 0 Å². The van der Waals surface area contributed by atoms with E-state index in [4.69, 9.17) is 15.3 Å². The first-order chi connectivity index (χ1) is 1.73. The Morgan fingerprint density at radius 3 is 1.29 bits per heavy atom. The zero-order chi connectivity index (χ0) is 3.58. The maximum absolute atomic E-state index is 8.25. The van der Waals surface area contributed by atoms with Gasteiger partial charge in [0.2, 0.25) is 0 Å². The molecule has 0 aromatic rings. The molecule has 0 aliphatic rings. The summed E-state index contributed by atoms with van der Waals surface area (Å²) in [5, 5.41) is 14.8. The molecule has 0 unspecified atom stereocenters. The van der Waals surface area contributed by atoms with Gasteiger partial charge in [0.15, 0.2) is 0 Å². The van der Waals surface area contributed by atoms with Gasteiger partial charge in [0.25, 0.3) is 0 Å². The van der Waals surface area contributed by atoms with Crippen LogP contribution in [-0.2, 0) is 22.3 Å². The maximum Gasteiger partial charge on any atom is 2.00 e. The monoisotopic (exact) mass is 176 g/mol. The Morgan fingerprint density at radius 2 is 1.29 bits per heavy atom. The van der Waals surface area contributed by atoms with Gasteiger partial charge in [-0.05, 0) is 0 Å². The summed E-state index contributed by atoms with van der Waals surface area (Å²) in [6.45, 7) is 0. The van der Waals surface area contributed by atoms with Gasteiger partial charge in [-0.2, -0.15) is 0 Å². The molecule has 0 aromatic heterocycles. The molecule has 0 saturated carbocycles. The third-order valence-corrected chi connectivity index (χ3v) is 0. The molecule has 0 aliphatic carbocycles. The molecule has 0 aliphatic heterocycles. The average Bonchev–Trinajstić information content (AvgIpc) is 0.811. The first-order valence-electron chi connectivity index (χ1n) is 0.548. The maximum atomic E-state index is 8.25. The van der Waals surface area contributed by atoms with Crippen LogP contribution in [0, 0.1) is 15.3 Å². The van der Waals surface area contributed by atoms with Crippen molar-refractivity contribution in [3.8, 4) is 0 Å². The van der Waals surface area contributed by atoms with Gasteiger partial charge in [0, 0.05) is 0 Å². The smallest absolute Gasteiger partial charge is 2.00 e. The minimum Gasteiger partial charge on any atom is -2.00 e. The quantitative estimate of drug-likeness (QED) is 0.219. The number of hydrogen-bond donors (Lipinski definition) is 0. The Hall–Kier alpha value is 1.30. The fourth-order valence-corrected chi connectivity index (χ4v) is 0. The molecule has 7 heavy (non-hydrogen) atoms. The average molecular weight is 176 g/mol. The van der Waals surface area contributed by atoms with Crippen molar-refractivity contribution >= 4 is 0 Å². The van der Waals surface area contributed by atoms with Gasteiger partial charge in [-0.25, -0.2) is 0 Å². The molecule has 5 nitrogen and oxygen atoms in total. The van der Waals surface area contributed by atoms with Crippen molar-refractivity contribution in [3.63, 3.8) is 0 Å². The molecular weight excluding hydrogens is 176 g/mol. The summed E-state index contributed by atoms with van der Waals surface area (Å²) >= 11 is 0. The van der Waals surface area contributed by atoms with Gasteiger partial charge in [-0.1, -0.05) is 0 Å². The molecular formula is CoKNO4. The molecule has 0 saturated heterocycles. The largest absolute Gasteiger partial charge is 2.00 e. The van der Waals surface area contributed by atoms with E-state index in [-0.39, 0.29) is 73.6 Å². The van der Waals surface area contributed by atoms with E-state index >= 15 is 0 Å². The molecule has 0 bridgehead atoms. The molecule has 0 spiro atoms. The van der Waals surface area contributed by atoms with Crippen LogP contribution in [0.2, 0.25) is 0 Å². The molecule has 1 radical (unpaired) electrons. The standard InChI is InChI=1S/Co.K.NO3.O/c;;2-1(3)4;/q+2;+1;-1;-2. The van der Waals surface area contributed by atoms with Crippen molar-refractivity contribution < 1.29 is 78.7 Å². The zero-order valence-electron chi connectivity index (χ0n) is 3.41. The first kappa shape index (κ1) is 23.9. The fraction of sp³-hybridized carbons (Fsp3) is 0. The van der Waals surface area contributed by atoms with Crippen molar-refractivity contribution in [3.05, 3.63) is 15.3 Å². The molecule has 0 fully saturated rings. The second-order valence-electron chi connectivity index (χ2n) is 0.224. The molecule has 0 atom stereocenters. The van der Waals surface area contributed by atoms with E-state index in [1.807, 2.05) is 0 Å². The summed E-state index contributed by atoms with van der Waals surface area (Å²) in [6.07, 6.45) is 0. The van der Waals surface area contributed by atoms with Gasteiger partial charge < -0.3 is 20.8 Å². The number of rotatable bonds is 0. The summed E-state index contributed by atoms with van der Waals surface area (Å²) in [5.74, 6) is 0. The Morgan fingerprint density at radius 1 is 1.29 bits per heavy atom. The van der Waals surface area contributed by atoms with Gasteiger partial charge in [0.05, 0.1) is 5.09 Å². The van der Waals surface area contributed by atoms with Crippen LogP contribution >= 0.6 is 0 Å². The molecule has 0 rings (SSSR count). The van der Waals surface area contributed by atoms with Crippen LogP contribution in [-0.4, -0.2) is 5.09 Å². The predicted molar refractivity (Wildman–Crippen MR) is 11.0 cm³/mol. The molecule has 7 heteroatoms. The summed E-state index contributed by atoms with van der Waals surface area (Å²) in [5.41, 5.74) is 0. The van der Waals surface area contributed by atoms with Crippen molar-refractivity contribution in [1.82, 2.24) is 0 Å². The van der Waals surface area contributed by atoms with E-state index < -0.39 is 5.09 Å². The minimum atomic E-state index is -1.75. The van der Waals surface area contributed by atoms with Crippen molar-refractivity contribution in [2.24, 2.45) is 0 Å². The van der Waals surface area contributed by atoms with Gasteiger partial charge >= 0.3 is 68.2 Å².